The standard InChI is InChI=1S/C5H11N/c1-3-5(6)4-2/h3H,4,6H2,1-2H3/b5-3+. The van der Waals surface area contributed by atoms with Crippen molar-refractivity contribution in [2.75, 3.05) is 0 Å². The first-order valence-corrected chi connectivity index (χ1v) is 2.22. The summed E-state index contributed by atoms with van der Waals surface area (Å²) >= 11 is 0. The molecule has 0 aliphatic heterocycles. The van der Waals surface area contributed by atoms with Crippen LogP contribution in [0.25, 0.3) is 0 Å². The van der Waals surface area contributed by atoms with Gasteiger partial charge in [-0.2, -0.15) is 0 Å². The molecule has 1 heteroatoms. The molecule has 0 fully saturated rings. The highest BCUT2D eigenvalue weighted by Gasteiger charge is 1.73. The minimum absolute atomic E-state index is 0.968. The Balaban J connectivity index is 3.22. The van der Waals surface area contributed by atoms with E-state index in [1.807, 2.05) is 19.9 Å². The van der Waals surface area contributed by atoms with Crippen molar-refractivity contribution in [3.8, 4) is 0 Å². The Kier molecular flexibility index (Phi) is 2.55. The Morgan fingerprint density at radius 1 is 1.83 bits per heavy atom. The Labute approximate surface area is 38.8 Å². The number of allylic oxidation sites excluding steroid dienone is 2. The number of rotatable bonds is 1. The van der Waals surface area contributed by atoms with E-state index in [1.165, 1.54) is 0 Å². The molecule has 0 aromatic rings. The fourth-order valence-electron chi connectivity index (χ4n) is 0.204. The van der Waals surface area contributed by atoms with Gasteiger partial charge in [0, 0.05) is 5.70 Å². The lowest BCUT2D eigenvalue weighted by atomic mass is 10.3. The van der Waals surface area contributed by atoms with Gasteiger partial charge in [0.15, 0.2) is 0 Å². The highest BCUT2D eigenvalue weighted by molar-refractivity contribution is 4.91. The van der Waals surface area contributed by atoms with Crippen LogP contribution in [0.4, 0.5) is 0 Å². The maximum atomic E-state index is 5.33. The van der Waals surface area contributed by atoms with Crippen LogP contribution in [0.5, 0.6) is 0 Å². The number of hydrogen-bond donors (Lipinski definition) is 1. The lowest BCUT2D eigenvalue weighted by Gasteiger charge is -1.86. The van der Waals surface area contributed by atoms with Crippen molar-refractivity contribution in [3.05, 3.63) is 11.8 Å². The molecule has 0 heterocycles. The van der Waals surface area contributed by atoms with Gasteiger partial charge in [-0.25, -0.2) is 0 Å². The molecule has 1 nitrogen and oxygen atoms in total. The summed E-state index contributed by atoms with van der Waals surface area (Å²) in [6.45, 7) is 3.98. The molecule has 6 heavy (non-hydrogen) atoms. The molecule has 0 radical (unpaired) electrons. The van der Waals surface area contributed by atoms with Crippen LogP contribution in [-0.2, 0) is 0 Å². The van der Waals surface area contributed by atoms with Crippen LogP contribution < -0.4 is 5.73 Å². The average molecular weight is 85.1 g/mol. The molecule has 0 atom stereocenters. The van der Waals surface area contributed by atoms with E-state index in [0.717, 1.165) is 12.1 Å². The first-order valence-electron chi connectivity index (χ1n) is 2.22. The third-order valence-electron chi connectivity index (χ3n) is 0.779. The molecule has 0 saturated heterocycles. The van der Waals surface area contributed by atoms with Gasteiger partial charge in [-0.05, 0) is 13.3 Å². The van der Waals surface area contributed by atoms with Crippen LogP contribution in [-0.4, -0.2) is 0 Å². The van der Waals surface area contributed by atoms with Crippen molar-refractivity contribution in [3.63, 3.8) is 0 Å². The van der Waals surface area contributed by atoms with Crippen LogP contribution in [0, 0.1) is 0 Å². The van der Waals surface area contributed by atoms with Crippen LogP contribution in [0.15, 0.2) is 11.8 Å². The van der Waals surface area contributed by atoms with Crippen LogP contribution in [0.1, 0.15) is 20.3 Å². The summed E-state index contributed by atoms with van der Waals surface area (Å²) in [5, 5.41) is 0. The van der Waals surface area contributed by atoms with E-state index in [0.29, 0.717) is 0 Å². The normalized spacial score (nSPS) is 12.0. The van der Waals surface area contributed by atoms with Crippen molar-refractivity contribution >= 4 is 0 Å². The molecule has 0 saturated carbocycles. The monoisotopic (exact) mass is 85.1 g/mol. The minimum atomic E-state index is 0.968. The van der Waals surface area contributed by atoms with Crippen molar-refractivity contribution in [1.29, 1.82) is 0 Å². The van der Waals surface area contributed by atoms with E-state index in [9.17, 15) is 0 Å². The van der Waals surface area contributed by atoms with E-state index in [1.54, 1.807) is 0 Å². The number of nitrogens with two attached hydrogens (primary N) is 1. The smallest absolute Gasteiger partial charge is 0.00343 e. The summed E-state index contributed by atoms with van der Waals surface area (Å²) in [4.78, 5) is 0. The van der Waals surface area contributed by atoms with Crippen molar-refractivity contribution < 1.29 is 0 Å². The maximum absolute atomic E-state index is 5.33. The summed E-state index contributed by atoms with van der Waals surface area (Å²) < 4.78 is 0. The van der Waals surface area contributed by atoms with E-state index < -0.39 is 0 Å². The Bertz CT molecular complexity index is 55.0. The summed E-state index contributed by atoms with van der Waals surface area (Å²) in [5.41, 5.74) is 6.30. The molecule has 2 N–H and O–H groups in total. The molecule has 0 unspecified atom stereocenters. The summed E-state index contributed by atoms with van der Waals surface area (Å²) in [6, 6.07) is 0. The van der Waals surface area contributed by atoms with E-state index in [-0.39, 0.29) is 0 Å². The van der Waals surface area contributed by atoms with Gasteiger partial charge in [0.25, 0.3) is 0 Å². The third kappa shape index (κ3) is 1.82. The lowest BCUT2D eigenvalue weighted by molar-refractivity contribution is 1.06. The second-order valence-electron chi connectivity index (χ2n) is 1.22. The van der Waals surface area contributed by atoms with Gasteiger partial charge >= 0.3 is 0 Å². The first-order chi connectivity index (χ1) is 2.81. The fraction of sp³-hybridized carbons (Fsp3) is 0.600. The van der Waals surface area contributed by atoms with Crippen molar-refractivity contribution in [1.82, 2.24) is 0 Å². The van der Waals surface area contributed by atoms with Gasteiger partial charge in [0.2, 0.25) is 0 Å². The Morgan fingerprint density at radius 3 is 2.33 bits per heavy atom. The first kappa shape index (κ1) is 5.54. The average Bonchev–Trinajstić information content (AvgIpc) is 1.65. The molecule has 0 aromatic carbocycles. The summed E-state index contributed by atoms with van der Waals surface area (Å²) in [6.07, 6.45) is 2.89. The second-order valence-corrected chi connectivity index (χ2v) is 1.22. The molecular formula is C5H11N. The fourth-order valence-corrected chi connectivity index (χ4v) is 0.204. The molecule has 0 amide bonds. The lowest BCUT2D eigenvalue weighted by Crippen LogP contribution is -1.91. The van der Waals surface area contributed by atoms with Gasteiger partial charge in [0.1, 0.15) is 0 Å². The number of hydrogen-bond acceptors (Lipinski definition) is 1. The SMILES string of the molecule is C/C=C(/N)CC. The van der Waals surface area contributed by atoms with Gasteiger partial charge in [0.05, 0.1) is 0 Å². The van der Waals surface area contributed by atoms with Crippen LogP contribution in [0.2, 0.25) is 0 Å². The zero-order chi connectivity index (χ0) is 4.99. The molecule has 0 rings (SSSR count). The molecule has 0 aliphatic carbocycles. The zero-order valence-electron chi connectivity index (χ0n) is 4.36. The predicted molar refractivity (Wildman–Crippen MR) is 28.2 cm³/mol. The Morgan fingerprint density at radius 2 is 2.33 bits per heavy atom. The molecule has 0 aromatic heterocycles. The molecule has 36 valence electrons. The predicted octanol–water partition coefficient (Wildman–Crippen LogP) is 1.26. The quantitative estimate of drug-likeness (QED) is 0.509. The molecule has 0 spiro atoms. The van der Waals surface area contributed by atoms with Crippen molar-refractivity contribution in [2.45, 2.75) is 20.3 Å². The summed E-state index contributed by atoms with van der Waals surface area (Å²) in [5.74, 6) is 0. The van der Waals surface area contributed by atoms with E-state index in [2.05, 4.69) is 0 Å². The highest BCUT2D eigenvalue weighted by Crippen LogP contribution is 1.85. The van der Waals surface area contributed by atoms with Gasteiger partial charge < -0.3 is 5.73 Å². The highest BCUT2D eigenvalue weighted by atomic mass is 14.6. The minimum Gasteiger partial charge on any atom is -0.402 e. The van der Waals surface area contributed by atoms with Crippen LogP contribution >= 0.6 is 0 Å². The maximum Gasteiger partial charge on any atom is 0.00343 e. The molecule has 0 aliphatic rings. The topological polar surface area (TPSA) is 26.0 Å². The van der Waals surface area contributed by atoms with Gasteiger partial charge in [-0.3, -0.25) is 0 Å². The third-order valence-corrected chi connectivity index (χ3v) is 0.779. The van der Waals surface area contributed by atoms with Gasteiger partial charge in [-0.1, -0.05) is 13.0 Å². The summed E-state index contributed by atoms with van der Waals surface area (Å²) in [7, 11) is 0. The van der Waals surface area contributed by atoms with E-state index in [4.69, 9.17) is 5.73 Å². The van der Waals surface area contributed by atoms with Crippen LogP contribution in [0.3, 0.4) is 0 Å². The second kappa shape index (κ2) is 2.76. The van der Waals surface area contributed by atoms with E-state index >= 15 is 0 Å². The largest absolute Gasteiger partial charge is 0.402 e. The molecule has 0 bridgehead atoms. The zero-order valence-corrected chi connectivity index (χ0v) is 4.36. The molecular weight excluding hydrogens is 74.1 g/mol. The van der Waals surface area contributed by atoms with Crippen molar-refractivity contribution in [2.24, 2.45) is 5.73 Å². The Hall–Kier alpha value is -0.460. The van der Waals surface area contributed by atoms with Gasteiger partial charge in [-0.15, -0.1) is 0 Å².